The SMILES string of the molecule is Clc1ccc(-c2nc(CN3CCN(Cc4nc5ccccc5s4)CC3)cs2)cc1. The largest absolute Gasteiger partial charge is 0.295 e. The van der Waals surface area contributed by atoms with Gasteiger partial charge in [0.1, 0.15) is 10.0 Å². The molecule has 0 aliphatic carbocycles. The lowest BCUT2D eigenvalue weighted by atomic mass is 10.2. The van der Waals surface area contributed by atoms with Crippen molar-refractivity contribution in [2.45, 2.75) is 13.1 Å². The second-order valence-electron chi connectivity index (χ2n) is 7.28. The third kappa shape index (κ3) is 4.52. The Morgan fingerprint density at radius 1 is 0.862 bits per heavy atom. The monoisotopic (exact) mass is 440 g/mol. The summed E-state index contributed by atoms with van der Waals surface area (Å²) < 4.78 is 1.28. The molecule has 1 aliphatic heterocycles. The van der Waals surface area contributed by atoms with Crippen LogP contribution in [0.25, 0.3) is 20.8 Å². The summed E-state index contributed by atoms with van der Waals surface area (Å²) in [6.07, 6.45) is 0. The zero-order valence-corrected chi connectivity index (χ0v) is 18.3. The van der Waals surface area contributed by atoms with Crippen LogP contribution in [0.15, 0.2) is 53.9 Å². The van der Waals surface area contributed by atoms with Crippen molar-refractivity contribution in [2.24, 2.45) is 0 Å². The first-order valence-electron chi connectivity index (χ1n) is 9.72. The summed E-state index contributed by atoms with van der Waals surface area (Å²) >= 11 is 9.50. The Kier molecular flexibility index (Phi) is 5.61. The number of halogens is 1. The highest BCUT2D eigenvalue weighted by molar-refractivity contribution is 7.18. The van der Waals surface area contributed by atoms with Crippen LogP contribution in [0.2, 0.25) is 5.02 Å². The van der Waals surface area contributed by atoms with Gasteiger partial charge in [-0.15, -0.1) is 22.7 Å². The minimum atomic E-state index is 0.759. The number of para-hydroxylation sites is 1. The maximum absolute atomic E-state index is 5.99. The van der Waals surface area contributed by atoms with Crippen LogP contribution in [0, 0.1) is 0 Å². The van der Waals surface area contributed by atoms with Gasteiger partial charge in [0.15, 0.2) is 0 Å². The van der Waals surface area contributed by atoms with Crippen LogP contribution in [0.4, 0.5) is 0 Å². The van der Waals surface area contributed by atoms with E-state index < -0.39 is 0 Å². The number of benzene rings is 2. The van der Waals surface area contributed by atoms with Crippen LogP contribution >= 0.6 is 34.3 Å². The third-order valence-corrected chi connectivity index (χ3v) is 7.40. The number of hydrogen-bond acceptors (Lipinski definition) is 6. The van der Waals surface area contributed by atoms with Gasteiger partial charge in [-0.05, 0) is 24.3 Å². The second-order valence-corrected chi connectivity index (χ2v) is 9.69. The molecule has 2 aromatic carbocycles. The Balaban J connectivity index is 1.15. The average Bonchev–Trinajstić information content (AvgIpc) is 3.36. The van der Waals surface area contributed by atoms with Crippen LogP contribution in [0.1, 0.15) is 10.7 Å². The molecule has 5 rings (SSSR count). The van der Waals surface area contributed by atoms with Gasteiger partial charge in [-0.2, -0.15) is 0 Å². The molecule has 1 fully saturated rings. The van der Waals surface area contributed by atoms with E-state index in [4.69, 9.17) is 21.6 Å². The number of rotatable bonds is 5. The van der Waals surface area contributed by atoms with Crippen molar-refractivity contribution in [3.8, 4) is 10.6 Å². The first-order valence-corrected chi connectivity index (χ1v) is 11.8. The topological polar surface area (TPSA) is 32.3 Å². The van der Waals surface area contributed by atoms with Gasteiger partial charge in [0.05, 0.1) is 22.5 Å². The van der Waals surface area contributed by atoms with Crippen molar-refractivity contribution < 1.29 is 0 Å². The molecule has 2 aromatic heterocycles. The van der Waals surface area contributed by atoms with Gasteiger partial charge < -0.3 is 0 Å². The third-order valence-electron chi connectivity index (χ3n) is 5.19. The van der Waals surface area contributed by atoms with Crippen molar-refractivity contribution in [3.05, 3.63) is 69.6 Å². The van der Waals surface area contributed by atoms with E-state index >= 15 is 0 Å². The molecule has 0 unspecified atom stereocenters. The van der Waals surface area contributed by atoms with Crippen molar-refractivity contribution in [3.63, 3.8) is 0 Å². The molecule has 29 heavy (non-hydrogen) atoms. The van der Waals surface area contributed by atoms with Gasteiger partial charge >= 0.3 is 0 Å². The minimum absolute atomic E-state index is 0.759. The van der Waals surface area contributed by atoms with Gasteiger partial charge in [0.2, 0.25) is 0 Å². The standard InChI is InChI=1S/C22H21ClN4S2/c23-17-7-5-16(6-8-17)22-24-18(15-28-22)13-26-9-11-27(12-10-26)14-21-25-19-3-1-2-4-20(19)29-21/h1-8,15H,9-14H2. The van der Waals surface area contributed by atoms with Crippen molar-refractivity contribution in [2.75, 3.05) is 26.2 Å². The molecule has 3 heterocycles. The molecular formula is C22H21ClN4S2. The summed E-state index contributed by atoms with van der Waals surface area (Å²) in [5.74, 6) is 0. The molecule has 0 atom stereocenters. The lowest BCUT2D eigenvalue weighted by Gasteiger charge is -2.33. The Hall–Kier alpha value is -1.83. The average molecular weight is 441 g/mol. The van der Waals surface area contributed by atoms with E-state index in [1.54, 1.807) is 11.3 Å². The van der Waals surface area contributed by atoms with Gasteiger partial charge in [0.25, 0.3) is 0 Å². The van der Waals surface area contributed by atoms with Crippen LogP contribution in [-0.4, -0.2) is 45.9 Å². The summed E-state index contributed by atoms with van der Waals surface area (Å²) in [5.41, 5.74) is 3.40. The normalized spacial score (nSPS) is 15.9. The molecule has 0 bridgehead atoms. The zero-order valence-electron chi connectivity index (χ0n) is 15.9. The Bertz CT molecular complexity index is 1060. The van der Waals surface area contributed by atoms with E-state index in [9.17, 15) is 0 Å². The Labute approximate surface area is 183 Å². The number of thiazole rings is 2. The molecule has 1 aliphatic rings. The Morgan fingerprint density at radius 3 is 2.34 bits per heavy atom. The highest BCUT2D eigenvalue weighted by atomic mass is 35.5. The molecule has 4 aromatic rings. The summed E-state index contributed by atoms with van der Waals surface area (Å²) in [6.45, 7) is 6.15. The molecule has 0 spiro atoms. The molecule has 0 radical (unpaired) electrons. The van der Waals surface area contributed by atoms with E-state index in [0.29, 0.717) is 0 Å². The summed E-state index contributed by atoms with van der Waals surface area (Å²) in [7, 11) is 0. The van der Waals surface area contributed by atoms with Crippen molar-refractivity contribution >= 4 is 44.5 Å². The molecule has 4 nitrogen and oxygen atoms in total. The van der Waals surface area contributed by atoms with Crippen molar-refractivity contribution in [1.82, 2.24) is 19.8 Å². The first-order chi connectivity index (χ1) is 14.2. The van der Waals surface area contributed by atoms with Gasteiger partial charge in [-0.3, -0.25) is 9.80 Å². The molecule has 7 heteroatoms. The molecule has 0 N–H and O–H groups in total. The van der Waals surface area contributed by atoms with E-state index in [-0.39, 0.29) is 0 Å². The van der Waals surface area contributed by atoms with Gasteiger partial charge in [0, 0.05) is 48.7 Å². The van der Waals surface area contributed by atoms with Gasteiger partial charge in [-0.25, -0.2) is 9.97 Å². The quantitative estimate of drug-likeness (QED) is 0.416. The fourth-order valence-electron chi connectivity index (χ4n) is 3.62. The van der Waals surface area contributed by atoms with Crippen molar-refractivity contribution in [1.29, 1.82) is 0 Å². The molecule has 0 saturated carbocycles. The number of nitrogens with zero attached hydrogens (tertiary/aromatic N) is 4. The number of hydrogen-bond donors (Lipinski definition) is 0. The molecule has 1 saturated heterocycles. The number of fused-ring (bicyclic) bond motifs is 1. The number of piperazine rings is 1. The Morgan fingerprint density at radius 2 is 1.59 bits per heavy atom. The fourth-order valence-corrected chi connectivity index (χ4v) is 5.57. The summed E-state index contributed by atoms with van der Waals surface area (Å²) in [5, 5.41) is 5.21. The highest BCUT2D eigenvalue weighted by Gasteiger charge is 2.19. The predicted octanol–water partition coefficient (Wildman–Crippen LogP) is 5.39. The van der Waals surface area contributed by atoms with E-state index in [2.05, 4.69) is 39.4 Å². The molecular weight excluding hydrogens is 420 g/mol. The van der Waals surface area contributed by atoms with Gasteiger partial charge in [-0.1, -0.05) is 35.9 Å². The highest BCUT2D eigenvalue weighted by Crippen LogP contribution is 2.26. The maximum atomic E-state index is 5.99. The van der Waals surface area contributed by atoms with E-state index in [1.165, 1.54) is 9.71 Å². The van der Waals surface area contributed by atoms with E-state index in [1.807, 2.05) is 35.6 Å². The fraction of sp³-hybridized carbons (Fsp3) is 0.273. The summed E-state index contributed by atoms with van der Waals surface area (Å²) in [4.78, 5) is 14.6. The predicted molar refractivity (Wildman–Crippen MR) is 123 cm³/mol. The molecule has 148 valence electrons. The molecule has 0 amide bonds. The summed E-state index contributed by atoms with van der Waals surface area (Å²) in [6, 6.07) is 16.3. The van der Waals surface area contributed by atoms with Crippen LogP contribution < -0.4 is 0 Å². The van der Waals surface area contributed by atoms with Crippen LogP contribution in [-0.2, 0) is 13.1 Å². The number of aromatic nitrogens is 2. The minimum Gasteiger partial charge on any atom is -0.295 e. The maximum Gasteiger partial charge on any atom is 0.123 e. The zero-order chi connectivity index (χ0) is 19.6. The first kappa shape index (κ1) is 19.2. The van der Waals surface area contributed by atoms with Crippen LogP contribution in [0.3, 0.4) is 0 Å². The second kappa shape index (κ2) is 8.50. The lowest BCUT2D eigenvalue weighted by molar-refractivity contribution is 0.121. The smallest absolute Gasteiger partial charge is 0.123 e. The van der Waals surface area contributed by atoms with E-state index in [0.717, 1.165) is 66.1 Å². The lowest BCUT2D eigenvalue weighted by Crippen LogP contribution is -2.45. The van der Waals surface area contributed by atoms with Crippen LogP contribution in [0.5, 0.6) is 0 Å².